The minimum absolute atomic E-state index is 0.00834. The number of carbonyl (C=O) groups excluding carboxylic acids is 1. The molecule has 0 unspecified atom stereocenters. The van der Waals surface area contributed by atoms with Crippen molar-refractivity contribution in [2.45, 2.75) is 57.8 Å². The highest BCUT2D eigenvalue weighted by Gasteiger charge is 2.42. The number of hydrogen-bond acceptors (Lipinski definition) is 3. The van der Waals surface area contributed by atoms with Crippen molar-refractivity contribution in [3.63, 3.8) is 0 Å². The van der Waals surface area contributed by atoms with Gasteiger partial charge in [-0.2, -0.15) is 13.2 Å². The van der Waals surface area contributed by atoms with Gasteiger partial charge in [0.25, 0.3) is 0 Å². The number of nitrogens with zero attached hydrogens (tertiary/aromatic N) is 1. The maximum Gasteiger partial charge on any atom is 0.391 e. The summed E-state index contributed by atoms with van der Waals surface area (Å²) in [6.07, 6.45) is -2.84. The summed E-state index contributed by atoms with van der Waals surface area (Å²) < 4.78 is 43.5. The molecule has 1 heterocycles. The van der Waals surface area contributed by atoms with Crippen LogP contribution in [0, 0.1) is 11.8 Å². The molecule has 2 fully saturated rings. The lowest BCUT2D eigenvalue weighted by Gasteiger charge is -2.36. The first kappa shape index (κ1) is 18.5. The zero-order chi connectivity index (χ0) is 17.0. The van der Waals surface area contributed by atoms with Crippen LogP contribution < -0.4 is 5.32 Å². The summed E-state index contributed by atoms with van der Waals surface area (Å²) >= 11 is 0. The van der Waals surface area contributed by atoms with Gasteiger partial charge in [-0.15, -0.1) is 0 Å². The second-order valence-electron chi connectivity index (χ2n) is 6.92. The van der Waals surface area contributed by atoms with Crippen molar-refractivity contribution in [1.82, 2.24) is 10.2 Å². The lowest BCUT2D eigenvalue weighted by molar-refractivity contribution is -0.183. The monoisotopic (exact) mass is 336 g/mol. The largest absolute Gasteiger partial charge is 0.391 e. The van der Waals surface area contributed by atoms with Gasteiger partial charge in [0, 0.05) is 19.1 Å². The topological polar surface area (TPSA) is 41.6 Å². The number of nitrogens with one attached hydrogen (secondary N) is 1. The van der Waals surface area contributed by atoms with Crippen LogP contribution in [0.4, 0.5) is 13.2 Å². The van der Waals surface area contributed by atoms with Crippen molar-refractivity contribution in [3.8, 4) is 0 Å². The van der Waals surface area contributed by atoms with Crippen LogP contribution in [0.1, 0.15) is 39.5 Å². The summed E-state index contributed by atoms with van der Waals surface area (Å²) in [6.45, 7) is 6.21. The molecule has 1 saturated carbocycles. The van der Waals surface area contributed by atoms with E-state index in [0.29, 0.717) is 39.1 Å². The van der Waals surface area contributed by atoms with Crippen LogP contribution >= 0.6 is 0 Å². The molecule has 1 aliphatic carbocycles. The molecule has 2 aliphatic rings. The molecule has 4 nitrogen and oxygen atoms in total. The Morgan fingerprint density at radius 1 is 1.13 bits per heavy atom. The molecule has 0 spiro atoms. The molecule has 23 heavy (non-hydrogen) atoms. The fourth-order valence-electron chi connectivity index (χ4n) is 3.37. The summed E-state index contributed by atoms with van der Waals surface area (Å²) in [5, 5.41) is 3.33. The van der Waals surface area contributed by atoms with Crippen molar-refractivity contribution in [3.05, 3.63) is 0 Å². The molecular formula is C16H27F3N2O2. The molecular weight excluding hydrogens is 309 g/mol. The van der Waals surface area contributed by atoms with E-state index in [4.69, 9.17) is 4.74 Å². The van der Waals surface area contributed by atoms with E-state index in [1.54, 1.807) is 4.90 Å². The molecule has 134 valence electrons. The van der Waals surface area contributed by atoms with Gasteiger partial charge in [0.05, 0.1) is 25.2 Å². The third-order valence-electron chi connectivity index (χ3n) is 4.86. The fraction of sp³-hybridized carbons (Fsp3) is 0.938. The van der Waals surface area contributed by atoms with E-state index in [1.165, 1.54) is 0 Å². The number of ether oxygens (including phenoxy) is 1. The minimum Gasteiger partial charge on any atom is -0.378 e. The van der Waals surface area contributed by atoms with Crippen LogP contribution in [0.15, 0.2) is 0 Å². The van der Waals surface area contributed by atoms with E-state index >= 15 is 0 Å². The summed E-state index contributed by atoms with van der Waals surface area (Å²) in [5.74, 6) is -1.04. The normalized spacial score (nSPS) is 28.0. The van der Waals surface area contributed by atoms with E-state index in [0.717, 1.165) is 0 Å². The van der Waals surface area contributed by atoms with Crippen molar-refractivity contribution in [2.75, 3.05) is 26.3 Å². The Morgan fingerprint density at radius 3 is 2.17 bits per heavy atom. The molecule has 7 heteroatoms. The molecule has 0 aromatic heterocycles. The number of rotatable bonds is 4. The molecule has 0 radical (unpaired) electrons. The molecule has 1 atom stereocenters. The molecule has 1 saturated heterocycles. The Morgan fingerprint density at radius 2 is 1.70 bits per heavy atom. The Labute approximate surface area is 135 Å². The third kappa shape index (κ3) is 5.08. The number of halogens is 3. The van der Waals surface area contributed by atoms with E-state index in [2.05, 4.69) is 5.32 Å². The second-order valence-corrected chi connectivity index (χ2v) is 6.92. The lowest BCUT2D eigenvalue weighted by Crippen LogP contribution is -2.55. The van der Waals surface area contributed by atoms with Gasteiger partial charge in [-0.3, -0.25) is 4.79 Å². The van der Waals surface area contributed by atoms with Gasteiger partial charge >= 0.3 is 6.18 Å². The van der Waals surface area contributed by atoms with Gasteiger partial charge in [0.2, 0.25) is 5.91 Å². The Kier molecular flexibility index (Phi) is 6.31. The number of morpholine rings is 1. The molecule has 0 bridgehead atoms. The van der Waals surface area contributed by atoms with Gasteiger partial charge in [-0.05, 0) is 31.6 Å². The molecule has 1 N–H and O–H groups in total. The highest BCUT2D eigenvalue weighted by molar-refractivity contribution is 5.82. The smallest absolute Gasteiger partial charge is 0.378 e. The van der Waals surface area contributed by atoms with E-state index in [1.807, 2.05) is 13.8 Å². The van der Waals surface area contributed by atoms with Crippen LogP contribution in [-0.4, -0.2) is 55.4 Å². The Bertz CT molecular complexity index is 387. The number of alkyl halides is 3. The molecule has 0 aromatic carbocycles. The number of hydrogen-bond donors (Lipinski definition) is 1. The number of carbonyl (C=O) groups is 1. The first-order valence-electron chi connectivity index (χ1n) is 8.48. The average Bonchev–Trinajstić information content (AvgIpc) is 2.52. The summed E-state index contributed by atoms with van der Waals surface area (Å²) in [5.41, 5.74) is 0. The van der Waals surface area contributed by atoms with Gasteiger partial charge in [0.1, 0.15) is 0 Å². The molecule has 1 amide bonds. The van der Waals surface area contributed by atoms with E-state index in [9.17, 15) is 18.0 Å². The van der Waals surface area contributed by atoms with E-state index in [-0.39, 0.29) is 36.8 Å². The first-order valence-corrected chi connectivity index (χ1v) is 8.48. The van der Waals surface area contributed by atoms with Gasteiger partial charge < -0.3 is 15.0 Å². The lowest BCUT2D eigenvalue weighted by atomic mass is 9.85. The zero-order valence-corrected chi connectivity index (χ0v) is 13.9. The maximum atomic E-state index is 12.7. The van der Waals surface area contributed by atoms with Gasteiger partial charge in [-0.1, -0.05) is 13.8 Å². The van der Waals surface area contributed by atoms with Crippen LogP contribution in [0.2, 0.25) is 0 Å². The number of amides is 1. The third-order valence-corrected chi connectivity index (χ3v) is 4.86. The standard InChI is InChI=1S/C16H27F3N2O2/c1-11(2)14(15(22)21-7-9-23-10-8-21)20-13-5-3-12(4-6-13)16(17,18)19/h11-14,20H,3-10H2,1-2H3/t12?,13?,14-/m1/s1. The zero-order valence-electron chi connectivity index (χ0n) is 13.9. The Balaban J connectivity index is 1.89. The molecule has 0 aromatic rings. The van der Waals surface area contributed by atoms with E-state index < -0.39 is 12.1 Å². The summed E-state index contributed by atoms with van der Waals surface area (Å²) in [6, 6.07) is -0.341. The van der Waals surface area contributed by atoms with Crippen molar-refractivity contribution < 1.29 is 22.7 Å². The quantitative estimate of drug-likeness (QED) is 0.858. The van der Waals surface area contributed by atoms with Gasteiger partial charge in [0.15, 0.2) is 0 Å². The summed E-state index contributed by atoms with van der Waals surface area (Å²) in [7, 11) is 0. The highest BCUT2D eigenvalue weighted by Crippen LogP contribution is 2.37. The molecule has 2 rings (SSSR count). The average molecular weight is 336 g/mol. The summed E-state index contributed by atoms with van der Waals surface area (Å²) in [4.78, 5) is 14.5. The fourth-order valence-corrected chi connectivity index (χ4v) is 3.37. The SMILES string of the molecule is CC(C)[C@@H](NC1CCC(C(F)(F)F)CC1)C(=O)N1CCOCC1. The predicted molar refractivity (Wildman–Crippen MR) is 81.0 cm³/mol. The van der Waals surface area contributed by atoms with Crippen molar-refractivity contribution in [1.29, 1.82) is 0 Å². The maximum absolute atomic E-state index is 12.7. The minimum atomic E-state index is -4.09. The first-order chi connectivity index (χ1) is 10.8. The van der Waals surface area contributed by atoms with Gasteiger partial charge in [-0.25, -0.2) is 0 Å². The predicted octanol–water partition coefficient (Wildman–Crippen LogP) is 2.58. The van der Waals surface area contributed by atoms with Crippen LogP contribution in [0.25, 0.3) is 0 Å². The Hall–Kier alpha value is -0.820. The van der Waals surface area contributed by atoms with Crippen LogP contribution in [-0.2, 0) is 9.53 Å². The second kappa shape index (κ2) is 7.83. The highest BCUT2D eigenvalue weighted by atomic mass is 19.4. The van der Waals surface area contributed by atoms with Crippen LogP contribution in [0.3, 0.4) is 0 Å². The molecule has 1 aliphatic heterocycles. The van der Waals surface area contributed by atoms with Crippen LogP contribution in [0.5, 0.6) is 0 Å². The van der Waals surface area contributed by atoms with Crippen molar-refractivity contribution >= 4 is 5.91 Å². The van der Waals surface area contributed by atoms with Crippen molar-refractivity contribution in [2.24, 2.45) is 11.8 Å².